The molecule has 0 saturated heterocycles. The highest BCUT2D eigenvalue weighted by Crippen LogP contribution is 2.39. The van der Waals surface area contributed by atoms with Crippen molar-refractivity contribution in [2.75, 3.05) is 19.4 Å². The molecule has 0 aliphatic carbocycles. The van der Waals surface area contributed by atoms with Crippen LogP contribution in [0.5, 0.6) is 6.01 Å². The summed E-state index contributed by atoms with van der Waals surface area (Å²) in [7, 11) is 1.58. The Bertz CT molecular complexity index is 1050. The fraction of sp³-hybridized carbons (Fsp3) is 0.222. The number of nitrogens with one attached hydrogen (secondary N) is 1. The number of rotatable bonds is 7. The molecule has 0 bridgehead atoms. The number of anilines is 1. The lowest BCUT2D eigenvalue weighted by atomic mass is 10.1. The molecule has 0 atom stereocenters. The van der Waals surface area contributed by atoms with Gasteiger partial charge in [-0.3, -0.25) is 9.59 Å². The van der Waals surface area contributed by atoms with Crippen LogP contribution in [-0.2, 0) is 4.79 Å². The van der Waals surface area contributed by atoms with E-state index < -0.39 is 5.91 Å². The fourth-order valence-corrected chi connectivity index (χ4v) is 3.74. The molecule has 0 fully saturated rings. The minimum atomic E-state index is -0.634. The SMILES string of the molecule is CNC(=O)CCCOc1nc(-c2cccc(Cl)c2)c2c(N)c(C(N)=O)sc2n1. The molecule has 3 rings (SSSR count). The number of nitrogens with two attached hydrogens (primary N) is 2. The summed E-state index contributed by atoms with van der Waals surface area (Å²) >= 11 is 7.19. The lowest BCUT2D eigenvalue weighted by Gasteiger charge is -2.09. The molecule has 28 heavy (non-hydrogen) atoms. The standard InChI is InChI=1S/C18H18ClN5O3S/c1-22-11(25)6-3-7-27-18-23-14(9-4-2-5-10(19)8-9)12-13(20)15(16(21)26)28-17(12)24-18/h2,4-5,8H,3,6-7,20H2,1H3,(H2,21,26)(H,22,25). The van der Waals surface area contributed by atoms with Gasteiger partial charge in [0.15, 0.2) is 0 Å². The molecule has 2 heterocycles. The molecule has 2 aromatic heterocycles. The predicted molar refractivity (Wildman–Crippen MR) is 110 cm³/mol. The van der Waals surface area contributed by atoms with Crippen LogP contribution >= 0.6 is 22.9 Å². The van der Waals surface area contributed by atoms with Gasteiger partial charge in [0.25, 0.3) is 5.91 Å². The molecule has 1 aromatic carbocycles. The van der Waals surface area contributed by atoms with E-state index in [4.69, 9.17) is 27.8 Å². The number of hydrogen-bond acceptors (Lipinski definition) is 7. The Morgan fingerprint density at radius 3 is 2.79 bits per heavy atom. The number of aromatic nitrogens is 2. The van der Waals surface area contributed by atoms with Gasteiger partial charge < -0.3 is 21.5 Å². The highest BCUT2D eigenvalue weighted by Gasteiger charge is 2.21. The third kappa shape index (κ3) is 4.15. The second kappa shape index (κ2) is 8.41. The minimum absolute atomic E-state index is 0.0725. The smallest absolute Gasteiger partial charge is 0.318 e. The number of carbonyl (C=O) groups is 2. The van der Waals surface area contributed by atoms with E-state index in [1.807, 2.05) is 6.07 Å². The van der Waals surface area contributed by atoms with Crippen molar-refractivity contribution in [2.45, 2.75) is 12.8 Å². The third-order valence-corrected chi connectivity index (χ3v) is 5.30. The normalized spacial score (nSPS) is 10.8. The summed E-state index contributed by atoms with van der Waals surface area (Å²) in [4.78, 5) is 32.5. The molecule has 8 nitrogen and oxygen atoms in total. The molecule has 0 saturated carbocycles. The van der Waals surface area contributed by atoms with E-state index in [0.717, 1.165) is 11.3 Å². The zero-order chi connectivity index (χ0) is 20.3. The zero-order valence-corrected chi connectivity index (χ0v) is 16.6. The first-order chi connectivity index (χ1) is 13.4. The van der Waals surface area contributed by atoms with Crippen LogP contribution in [0.3, 0.4) is 0 Å². The second-order valence-corrected chi connectivity index (χ2v) is 7.32. The summed E-state index contributed by atoms with van der Waals surface area (Å²) in [5.74, 6) is -0.706. The van der Waals surface area contributed by atoms with Crippen LogP contribution < -0.4 is 21.5 Å². The number of halogens is 1. The number of carbonyl (C=O) groups excluding carboxylic acids is 2. The van der Waals surface area contributed by atoms with Gasteiger partial charge >= 0.3 is 6.01 Å². The average Bonchev–Trinajstić information content (AvgIpc) is 3.01. The van der Waals surface area contributed by atoms with Crippen molar-refractivity contribution in [3.05, 3.63) is 34.2 Å². The van der Waals surface area contributed by atoms with Crippen molar-refractivity contribution >= 4 is 50.7 Å². The number of ether oxygens (including phenoxy) is 1. The molecule has 0 radical (unpaired) electrons. The van der Waals surface area contributed by atoms with E-state index in [2.05, 4.69) is 15.3 Å². The van der Waals surface area contributed by atoms with Crippen LogP contribution in [0.4, 0.5) is 5.69 Å². The lowest BCUT2D eigenvalue weighted by molar-refractivity contribution is -0.120. The van der Waals surface area contributed by atoms with Gasteiger partial charge in [0.05, 0.1) is 23.4 Å². The molecule has 2 amide bonds. The van der Waals surface area contributed by atoms with Crippen LogP contribution in [0, 0.1) is 0 Å². The molecule has 3 aromatic rings. The first-order valence-corrected chi connectivity index (χ1v) is 9.59. The van der Waals surface area contributed by atoms with Crippen molar-refractivity contribution in [1.29, 1.82) is 0 Å². The largest absolute Gasteiger partial charge is 0.463 e. The van der Waals surface area contributed by atoms with Gasteiger partial charge in [0.2, 0.25) is 5.91 Å². The lowest BCUT2D eigenvalue weighted by Crippen LogP contribution is -2.18. The number of amides is 2. The van der Waals surface area contributed by atoms with E-state index >= 15 is 0 Å². The zero-order valence-electron chi connectivity index (χ0n) is 15.0. The number of nitrogens with zero attached hydrogens (tertiary/aromatic N) is 2. The first-order valence-electron chi connectivity index (χ1n) is 8.39. The van der Waals surface area contributed by atoms with Gasteiger partial charge in [-0.1, -0.05) is 23.7 Å². The molecule has 0 aliphatic heterocycles. The minimum Gasteiger partial charge on any atom is -0.463 e. The number of benzene rings is 1. The molecule has 10 heteroatoms. The molecular weight excluding hydrogens is 402 g/mol. The average molecular weight is 420 g/mol. The van der Waals surface area contributed by atoms with Crippen LogP contribution in [0.1, 0.15) is 22.5 Å². The van der Waals surface area contributed by atoms with Crippen LogP contribution in [-0.4, -0.2) is 35.4 Å². The summed E-state index contributed by atoms with van der Waals surface area (Å²) in [5.41, 5.74) is 13.0. The van der Waals surface area contributed by atoms with E-state index in [9.17, 15) is 9.59 Å². The topological polar surface area (TPSA) is 133 Å². The van der Waals surface area contributed by atoms with E-state index in [1.54, 1.807) is 25.2 Å². The Kier molecular flexibility index (Phi) is 5.96. The van der Waals surface area contributed by atoms with Crippen molar-refractivity contribution < 1.29 is 14.3 Å². The highest BCUT2D eigenvalue weighted by atomic mass is 35.5. The fourth-order valence-electron chi connectivity index (χ4n) is 2.62. The highest BCUT2D eigenvalue weighted by molar-refractivity contribution is 7.21. The maximum absolute atomic E-state index is 11.7. The Labute approximate surface area is 169 Å². The van der Waals surface area contributed by atoms with E-state index in [1.165, 1.54) is 0 Å². The molecule has 0 aliphatic rings. The predicted octanol–water partition coefficient (Wildman–Crippen LogP) is 2.60. The summed E-state index contributed by atoms with van der Waals surface area (Å²) < 4.78 is 5.63. The molecule has 5 N–H and O–H groups in total. The van der Waals surface area contributed by atoms with Crippen molar-refractivity contribution in [3.63, 3.8) is 0 Å². The van der Waals surface area contributed by atoms with Crippen molar-refractivity contribution in [1.82, 2.24) is 15.3 Å². The van der Waals surface area contributed by atoms with Gasteiger partial charge in [-0.05, 0) is 18.6 Å². The Balaban J connectivity index is 2.02. The summed E-state index contributed by atoms with van der Waals surface area (Å²) in [6.07, 6.45) is 0.838. The Morgan fingerprint density at radius 1 is 1.32 bits per heavy atom. The van der Waals surface area contributed by atoms with Crippen molar-refractivity contribution in [2.24, 2.45) is 5.73 Å². The van der Waals surface area contributed by atoms with E-state index in [-0.39, 0.29) is 29.1 Å². The van der Waals surface area contributed by atoms with Crippen LogP contribution in [0.25, 0.3) is 21.5 Å². The molecular formula is C18H18ClN5O3S. The number of nitrogen functional groups attached to an aromatic ring is 1. The van der Waals surface area contributed by atoms with Gasteiger partial charge in [-0.2, -0.15) is 9.97 Å². The number of hydrogen-bond donors (Lipinski definition) is 3. The van der Waals surface area contributed by atoms with Crippen molar-refractivity contribution in [3.8, 4) is 17.3 Å². The van der Waals surface area contributed by atoms with Crippen LogP contribution in [0.2, 0.25) is 5.02 Å². The van der Waals surface area contributed by atoms with Gasteiger partial charge in [-0.25, -0.2) is 0 Å². The third-order valence-electron chi connectivity index (χ3n) is 3.95. The second-order valence-electron chi connectivity index (χ2n) is 5.88. The molecule has 0 spiro atoms. The Hall–Kier alpha value is -2.91. The van der Waals surface area contributed by atoms with Gasteiger partial charge in [0, 0.05) is 24.1 Å². The molecule has 0 unspecified atom stereocenters. The van der Waals surface area contributed by atoms with Crippen LogP contribution in [0.15, 0.2) is 24.3 Å². The maximum atomic E-state index is 11.7. The summed E-state index contributed by atoms with van der Waals surface area (Å²) in [6, 6.07) is 7.21. The molecule has 146 valence electrons. The maximum Gasteiger partial charge on any atom is 0.318 e. The van der Waals surface area contributed by atoms with Gasteiger partial charge in [0.1, 0.15) is 9.71 Å². The number of primary amides is 1. The number of fused-ring (bicyclic) bond motifs is 1. The van der Waals surface area contributed by atoms with Gasteiger partial charge in [-0.15, -0.1) is 11.3 Å². The quantitative estimate of drug-likeness (QED) is 0.504. The van der Waals surface area contributed by atoms with E-state index in [0.29, 0.717) is 39.3 Å². The number of thiophene rings is 1. The summed E-state index contributed by atoms with van der Waals surface area (Å²) in [5, 5.41) is 3.60. The summed E-state index contributed by atoms with van der Waals surface area (Å²) in [6.45, 7) is 0.261. The monoisotopic (exact) mass is 419 g/mol. The Morgan fingerprint density at radius 2 is 2.11 bits per heavy atom. The first kappa shape index (κ1) is 19.8.